The second kappa shape index (κ2) is 6.24. The van der Waals surface area contributed by atoms with Gasteiger partial charge in [0.1, 0.15) is 5.82 Å². The van der Waals surface area contributed by atoms with Crippen molar-refractivity contribution in [2.75, 3.05) is 0 Å². The monoisotopic (exact) mass is 326 g/mol. The topological polar surface area (TPSA) is 58.5 Å². The van der Waals surface area contributed by atoms with Crippen LogP contribution in [0, 0.1) is 12.7 Å². The van der Waals surface area contributed by atoms with E-state index in [0.29, 0.717) is 0 Å². The number of hydrogen-bond donors (Lipinski definition) is 1. The van der Waals surface area contributed by atoms with Crippen LogP contribution >= 0.6 is 11.6 Å². The smallest absolute Gasteiger partial charge is 0.206 e. The van der Waals surface area contributed by atoms with Gasteiger partial charge >= 0.3 is 0 Å². The zero-order valence-corrected chi connectivity index (χ0v) is 12.6. The summed E-state index contributed by atoms with van der Waals surface area (Å²) in [7, 11) is -3.76. The Hall–Kier alpha value is -1.92. The molecule has 0 saturated heterocycles. The number of nitrogens with one attached hydrogen (secondary N) is 1. The van der Waals surface area contributed by atoms with Crippen LogP contribution in [-0.2, 0) is 10.0 Å². The molecule has 0 aliphatic heterocycles. The summed E-state index contributed by atoms with van der Waals surface area (Å²) < 4.78 is 37.4. The van der Waals surface area contributed by atoms with Gasteiger partial charge in [-0.25, -0.2) is 9.22 Å². The molecule has 2 aromatic rings. The van der Waals surface area contributed by atoms with Crippen molar-refractivity contribution >= 4 is 27.8 Å². The molecule has 0 unspecified atom stereocenters. The van der Waals surface area contributed by atoms with Gasteiger partial charge < -0.3 is 0 Å². The van der Waals surface area contributed by atoms with Crippen molar-refractivity contribution in [3.05, 3.63) is 64.4 Å². The Balaban J connectivity index is 2.14. The first kappa shape index (κ1) is 15.5. The highest BCUT2D eigenvalue weighted by atomic mass is 35.5. The minimum Gasteiger partial charge on any atom is -0.206 e. The van der Waals surface area contributed by atoms with Gasteiger partial charge in [0.05, 0.1) is 11.1 Å². The van der Waals surface area contributed by atoms with E-state index in [4.69, 9.17) is 11.6 Å². The van der Waals surface area contributed by atoms with Crippen LogP contribution in [0.3, 0.4) is 0 Å². The molecule has 0 aromatic heterocycles. The van der Waals surface area contributed by atoms with Gasteiger partial charge in [-0.15, -0.1) is 0 Å². The molecule has 0 radical (unpaired) electrons. The van der Waals surface area contributed by atoms with E-state index in [1.54, 1.807) is 12.1 Å². The lowest BCUT2D eigenvalue weighted by Crippen LogP contribution is -2.18. The number of nitrogens with zero attached hydrogens (tertiary/aromatic N) is 1. The van der Waals surface area contributed by atoms with Crippen LogP contribution in [0.15, 0.2) is 52.5 Å². The van der Waals surface area contributed by atoms with Gasteiger partial charge in [-0.1, -0.05) is 29.3 Å². The van der Waals surface area contributed by atoms with Gasteiger partial charge in [-0.2, -0.15) is 13.5 Å². The molecule has 21 heavy (non-hydrogen) atoms. The number of hydrazone groups is 1. The fraction of sp³-hybridized carbons (Fsp3) is 0.0714. The summed E-state index contributed by atoms with van der Waals surface area (Å²) in [6, 6.07) is 10.3. The Morgan fingerprint density at radius 3 is 2.48 bits per heavy atom. The summed E-state index contributed by atoms with van der Waals surface area (Å²) in [5, 5.41) is 3.81. The molecule has 0 spiro atoms. The molecule has 0 amide bonds. The Labute approximate surface area is 127 Å². The molecule has 0 saturated carbocycles. The normalized spacial score (nSPS) is 11.8. The zero-order chi connectivity index (χ0) is 15.5. The summed E-state index contributed by atoms with van der Waals surface area (Å²) in [5.41, 5.74) is 1.08. The molecular weight excluding hydrogens is 315 g/mol. The highest BCUT2D eigenvalue weighted by Gasteiger charge is 2.11. The molecule has 0 bridgehead atoms. The predicted molar refractivity (Wildman–Crippen MR) is 80.5 cm³/mol. The van der Waals surface area contributed by atoms with Gasteiger partial charge in [0.15, 0.2) is 0 Å². The number of hydrogen-bond acceptors (Lipinski definition) is 3. The second-order valence-corrected chi connectivity index (χ2v) is 6.43. The van der Waals surface area contributed by atoms with Crippen LogP contribution in [0.5, 0.6) is 0 Å². The summed E-state index contributed by atoms with van der Waals surface area (Å²) >= 11 is 5.62. The van der Waals surface area contributed by atoms with Gasteiger partial charge in [0, 0.05) is 10.6 Å². The van der Waals surface area contributed by atoms with Crippen LogP contribution in [-0.4, -0.2) is 14.6 Å². The van der Waals surface area contributed by atoms with Crippen molar-refractivity contribution in [2.45, 2.75) is 11.8 Å². The molecule has 1 N–H and O–H groups in total. The van der Waals surface area contributed by atoms with E-state index in [1.807, 2.05) is 11.8 Å². The minimum absolute atomic E-state index is 0.0850. The summed E-state index contributed by atoms with van der Waals surface area (Å²) in [5.74, 6) is -0.583. The van der Waals surface area contributed by atoms with Crippen LogP contribution in [0.2, 0.25) is 5.02 Å². The molecule has 0 atom stereocenters. The lowest BCUT2D eigenvalue weighted by molar-refractivity contribution is 0.584. The van der Waals surface area contributed by atoms with Gasteiger partial charge in [-0.3, -0.25) is 0 Å². The molecule has 2 rings (SSSR count). The number of halogens is 2. The van der Waals surface area contributed by atoms with E-state index >= 15 is 0 Å². The molecule has 110 valence electrons. The lowest BCUT2D eigenvalue weighted by atomic mass is 10.2. The maximum Gasteiger partial charge on any atom is 0.276 e. The van der Waals surface area contributed by atoms with Crippen LogP contribution in [0.25, 0.3) is 0 Å². The molecule has 0 aliphatic rings. The van der Waals surface area contributed by atoms with Crippen molar-refractivity contribution in [1.82, 2.24) is 4.83 Å². The molecular formula is C14H12ClFN2O2S. The fourth-order valence-electron chi connectivity index (χ4n) is 1.54. The van der Waals surface area contributed by atoms with Crippen molar-refractivity contribution in [1.29, 1.82) is 0 Å². The standard InChI is InChI=1S/C14H12ClFN2O2S/c1-10-2-6-13(7-3-10)21(19,20)18-17-9-11-4-5-12(15)8-14(11)16/h2-9,18H,1H3/b17-9+. The largest absolute Gasteiger partial charge is 0.276 e. The predicted octanol–water partition coefficient (Wildman–Crippen LogP) is 3.10. The van der Waals surface area contributed by atoms with Gasteiger partial charge in [0.25, 0.3) is 10.0 Å². The average Bonchev–Trinajstić information content (AvgIpc) is 2.41. The number of benzene rings is 2. The molecule has 2 aromatic carbocycles. The van der Waals surface area contributed by atoms with Crippen LogP contribution < -0.4 is 4.83 Å². The fourth-order valence-corrected chi connectivity index (χ4v) is 2.49. The first-order valence-electron chi connectivity index (χ1n) is 5.95. The Bertz CT molecular complexity index is 774. The third-order valence-electron chi connectivity index (χ3n) is 2.67. The average molecular weight is 327 g/mol. The molecule has 0 fully saturated rings. The Morgan fingerprint density at radius 2 is 1.86 bits per heavy atom. The molecule has 7 heteroatoms. The maximum atomic E-state index is 13.5. The summed E-state index contributed by atoms with van der Waals surface area (Å²) in [6.07, 6.45) is 1.08. The van der Waals surface area contributed by atoms with Crippen LogP contribution in [0.1, 0.15) is 11.1 Å². The quantitative estimate of drug-likeness (QED) is 0.693. The van der Waals surface area contributed by atoms with E-state index < -0.39 is 15.8 Å². The third-order valence-corrected chi connectivity index (χ3v) is 4.14. The van der Waals surface area contributed by atoms with E-state index in [-0.39, 0.29) is 15.5 Å². The molecule has 0 aliphatic carbocycles. The molecule has 4 nitrogen and oxygen atoms in total. The lowest BCUT2D eigenvalue weighted by Gasteiger charge is -2.03. The van der Waals surface area contributed by atoms with Crippen molar-refractivity contribution in [2.24, 2.45) is 5.10 Å². The van der Waals surface area contributed by atoms with Gasteiger partial charge in [0.2, 0.25) is 0 Å². The highest BCUT2D eigenvalue weighted by Crippen LogP contribution is 2.13. The zero-order valence-electron chi connectivity index (χ0n) is 11.0. The second-order valence-electron chi connectivity index (χ2n) is 4.33. The maximum absolute atomic E-state index is 13.5. The van der Waals surface area contributed by atoms with E-state index in [2.05, 4.69) is 5.10 Å². The molecule has 0 heterocycles. The minimum atomic E-state index is -3.76. The summed E-state index contributed by atoms with van der Waals surface area (Å²) in [4.78, 5) is 2.11. The first-order chi connectivity index (χ1) is 9.88. The number of sulfonamides is 1. The van der Waals surface area contributed by atoms with E-state index in [9.17, 15) is 12.8 Å². The van der Waals surface area contributed by atoms with Crippen molar-refractivity contribution < 1.29 is 12.8 Å². The Kier molecular flexibility index (Phi) is 4.59. The van der Waals surface area contributed by atoms with Crippen molar-refractivity contribution in [3.8, 4) is 0 Å². The Morgan fingerprint density at radius 1 is 1.19 bits per heavy atom. The first-order valence-corrected chi connectivity index (χ1v) is 7.81. The number of rotatable bonds is 4. The van der Waals surface area contributed by atoms with Crippen LogP contribution in [0.4, 0.5) is 4.39 Å². The summed E-state index contributed by atoms with van der Waals surface area (Å²) in [6.45, 7) is 1.85. The van der Waals surface area contributed by atoms with Gasteiger partial charge in [-0.05, 0) is 37.3 Å². The third kappa shape index (κ3) is 4.03. The van der Waals surface area contributed by atoms with Crippen molar-refractivity contribution in [3.63, 3.8) is 0 Å². The SMILES string of the molecule is Cc1ccc(S(=O)(=O)N/N=C/c2ccc(Cl)cc2F)cc1. The number of aryl methyl sites for hydroxylation is 1. The van der Waals surface area contributed by atoms with E-state index in [1.165, 1.54) is 24.3 Å². The highest BCUT2D eigenvalue weighted by molar-refractivity contribution is 7.89. The van der Waals surface area contributed by atoms with E-state index in [0.717, 1.165) is 17.8 Å².